The minimum atomic E-state index is -4.76. The number of ether oxygens (including phenoxy) is 3. The molecule has 3 saturated heterocycles. The summed E-state index contributed by atoms with van der Waals surface area (Å²) in [4.78, 5) is 46.0. The van der Waals surface area contributed by atoms with Gasteiger partial charge in [0.1, 0.15) is 36.1 Å². The number of para-hydroxylation sites is 1. The first-order valence-corrected chi connectivity index (χ1v) is 43.5. The van der Waals surface area contributed by atoms with Crippen molar-refractivity contribution < 1.29 is 50.6 Å². The van der Waals surface area contributed by atoms with E-state index in [1.54, 1.807) is 54.6 Å². The van der Waals surface area contributed by atoms with E-state index >= 15 is 0 Å². The fourth-order valence-electron chi connectivity index (χ4n) is 16.9. The van der Waals surface area contributed by atoms with Gasteiger partial charge in [-0.1, -0.05) is 222 Å². The van der Waals surface area contributed by atoms with Crippen LogP contribution in [0.15, 0.2) is 259 Å². The van der Waals surface area contributed by atoms with Gasteiger partial charge >= 0.3 is 6.36 Å². The third-order valence-electron chi connectivity index (χ3n) is 23.3. The Morgan fingerprint density at radius 2 is 0.928 bits per heavy atom. The van der Waals surface area contributed by atoms with E-state index in [2.05, 4.69) is 89.2 Å². The van der Waals surface area contributed by atoms with Crippen molar-refractivity contribution in [2.45, 2.75) is 106 Å². The van der Waals surface area contributed by atoms with Gasteiger partial charge in [0.25, 0.3) is 0 Å². The number of amides is 3. The third kappa shape index (κ3) is 24.5. The van der Waals surface area contributed by atoms with Crippen molar-refractivity contribution in [1.82, 2.24) is 20.0 Å². The number of anilines is 3. The third-order valence-corrected chi connectivity index (χ3v) is 24.8. The number of likely N-dealkylation sites (tertiary alicyclic amines) is 3. The second kappa shape index (κ2) is 41.7. The monoisotopic (exact) mass is 1800 g/mol. The van der Waals surface area contributed by atoms with Gasteiger partial charge in [0.15, 0.2) is 0 Å². The molecule has 4 aliphatic rings. The number of nitrogens with zero attached hydrogens (tertiary/aromatic N) is 5. The molecule has 3 amide bonds. The minimum absolute atomic E-state index is 0.0387. The van der Waals surface area contributed by atoms with Gasteiger partial charge in [-0.15, -0.1) is 13.2 Å². The molecule has 0 unspecified atom stereocenters. The van der Waals surface area contributed by atoms with Crippen molar-refractivity contribution in [2.75, 3.05) is 75.0 Å². The fourth-order valence-corrected chi connectivity index (χ4v) is 18.2. The minimum Gasteiger partial charge on any atom is -0.460 e. The second-order valence-electron chi connectivity index (χ2n) is 31.7. The summed E-state index contributed by atoms with van der Waals surface area (Å²) in [7, 11) is 0. The average molecular weight is 1810 g/mol. The second-order valence-corrected chi connectivity index (χ2v) is 34.3. The van der Waals surface area contributed by atoms with Gasteiger partial charge in [-0.05, 0) is 222 Å². The number of piperidine rings is 3. The Hall–Kier alpha value is -10.6. The van der Waals surface area contributed by atoms with E-state index in [1.807, 2.05) is 127 Å². The molecule has 16 rings (SSSR count). The summed E-state index contributed by atoms with van der Waals surface area (Å²) in [5, 5.41) is 34.1. The Morgan fingerprint density at radius 1 is 0.456 bits per heavy atom. The summed E-state index contributed by atoms with van der Waals surface area (Å²) in [5.74, 6) is -0.742. The number of rotatable bonds is 24. The number of halogens is 10. The lowest BCUT2D eigenvalue weighted by Gasteiger charge is -2.45. The van der Waals surface area contributed by atoms with Crippen LogP contribution in [-0.4, -0.2) is 104 Å². The molecule has 1 saturated carbocycles. The number of nitrogens with one attached hydrogen (secondary N) is 4. The number of carbonyl (C=O) groups is 3. The number of furan rings is 1. The largest absolute Gasteiger partial charge is 0.573 e. The number of alkyl halides is 3. The normalized spacial score (nSPS) is 15.8. The number of nitriles is 2. The van der Waals surface area contributed by atoms with Crippen LogP contribution in [0.5, 0.6) is 5.75 Å². The predicted octanol–water partition coefficient (Wildman–Crippen LogP) is 24.3. The van der Waals surface area contributed by atoms with E-state index in [1.165, 1.54) is 67.6 Å². The molecule has 642 valence electrons. The van der Waals surface area contributed by atoms with Crippen molar-refractivity contribution in [3.05, 3.63) is 330 Å². The number of hydrogen-bond donors (Lipinski definition) is 4. The first-order chi connectivity index (χ1) is 60.3. The molecule has 3 aliphatic heterocycles. The lowest BCUT2D eigenvalue weighted by atomic mass is 9.79. The van der Waals surface area contributed by atoms with Crippen molar-refractivity contribution >= 4 is 115 Å². The van der Waals surface area contributed by atoms with E-state index in [9.17, 15) is 42.5 Å². The zero-order valence-electron chi connectivity index (χ0n) is 68.0. The molecule has 0 spiro atoms. The average Bonchev–Trinajstić information content (AvgIpc) is 1.51. The summed E-state index contributed by atoms with van der Waals surface area (Å²) >= 11 is 36.3. The van der Waals surface area contributed by atoms with Crippen LogP contribution in [0.1, 0.15) is 103 Å². The molecule has 4 fully saturated rings. The maximum atomic E-state index is 13.5. The van der Waals surface area contributed by atoms with Crippen LogP contribution < -0.4 is 26.0 Å². The molecule has 16 nitrogen and oxygen atoms in total. The quantitative estimate of drug-likeness (QED) is 0.0417. The number of benzene rings is 11. The molecule has 0 radical (unpaired) electrons. The number of fused-ring (bicyclic) bond motifs is 1. The first-order valence-electron chi connectivity index (χ1n) is 41.2. The maximum absolute atomic E-state index is 13.5. The lowest BCUT2D eigenvalue weighted by molar-refractivity contribution is -0.274. The number of carbonyl (C=O) groups excluding carboxylic acids is 3. The lowest BCUT2D eigenvalue weighted by Crippen LogP contribution is -2.54. The van der Waals surface area contributed by atoms with Crippen LogP contribution in [0, 0.1) is 28.5 Å². The molecule has 125 heavy (non-hydrogen) atoms. The molecule has 1 aromatic heterocycles. The Bertz CT molecular complexity index is 5770. The molecule has 0 atom stereocenters. The highest BCUT2D eigenvalue weighted by atomic mass is 35.5. The molecule has 1 aliphatic carbocycles. The van der Waals surface area contributed by atoms with E-state index in [0.717, 1.165) is 138 Å². The van der Waals surface area contributed by atoms with Gasteiger partial charge in [0, 0.05) is 105 Å². The van der Waals surface area contributed by atoms with Gasteiger partial charge < -0.3 is 39.5 Å². The van der Waals surface area contributed by atoms with Gasteiger partial charge in [-0.3, -0.25) is 29.5 Å². The SMILES string of the molecule is N#Cc1cccc(-c2ccc(C3(OCC(=O)Nc4cc(Cl)cc(Cl)c4)CCN(Cc4cc5ccccc5o4)CC3)cc2)c1.N#Cc1cccc(-c2ccc(C3(OCC(=O)Nc4cc(Cl)cc(Cl)c4)CCN(Cc4ccc(Cl)cc4)CC3)cc2)c1.O=C(CNC1(c2ccc(-c3cccc(OC(F)(F)F)c3)cc2)CCN(C2CCCC2)CC1)Nc1ccc(F)c(Cl)c1. The molecule has 11 aromatic carbocycles. The van der Waals surface area contributed by atoms with E-state index < -0.39 is 28.9 Å². The van der Waals surface area contributed by atoms with E-state index in [4.69, 9.17) is 83.5 Å². The summed E-state index contributed by atoms with van der Waals surface area (Å²) in [5.41, 5.74) is 11.4. The fraction of sp³-hybridized carbons (Fsp3) is 0.263. The highest BCUT2D eigenvalue weighted by molar-refractivity contribution is 6.36. The summed E-state index contributed by atoms with van der Waals surface area (Å²) < 4.78 is 74.8. The Morgan fingerprint density at radius 3 is 1.42 bits per heavy atom. The van der Waals surface area contributed by atoms with Crippen molar-refractivity contribution in [3.63, 3.8) is 0 Å². The van der Waals surface area contributed by atoms with Crippen LogP contribution in [0.3, 0.4) is 0 Å². The van der Waals surface area contributed by atoms with Gasteiger partial charge in [0.05, 0.1) is 52.6 Å². The highest BCUT2D eigenvalue weighted by Crippen LogP contribution is 2.43. The topological polar surface area (TPSA) is 197 Å². The molecule has 26 heteroatoms. The van der Waals surface area contributed by atoms with Gasteiger partial charge in [-0.2, -0.15) is 10.5 Å². The Kier molecular flexibility index (Phi) is 30.2. The van der Waals surface area contributed by atoms with Crippen LogP contribution in [0.25, 0.3) is 44.3 Å². The molecular weight excluding hydrogens is 1720 g/mol. The zero-order chi connectivity index (χ0) is 87.7. The van der Waals surface area contributed by atoms with Crippen LogP contribution >= 0.6 is 69.6 Å². The summed E-state index contributed by atoms with van der Waals surface area (Å²) in [6, 6.07) is 82.1. The van der Waals surface area contributed by atoms with E-state index in [0.29, 0.717) is 79.3 Å². The van der Waals surface area contributed by atoms with Gasteiger partial charge in [-0.25, -0.2) is 4.39 Å². The van der Waals surface area contributed by atoms with Crippen LogP contribution in [0.2, 0.25) is 30.1 Å². The standard InChI is InChI=1S/C35H29Cl2N3O3.C33H28Cl3N3O2.C31H32ClF4N3O2/c36-29-18-30(37)20-31(19-29)39-34(41)23-42-35(28-10-8-25(9-11-28)26-6-3-4-24(16-26)21-38)12-14-40(15-13-35)22-32-17-27-5-1-2-7-33(27)43-32;34-28-10-4-23(5-11-28)21-39-14-12-33(13-15-39,41-22-32(40)38-31-18-29(35)17-30(36)19-31)27-8-6-25(7-9-27)26-3-1-2-24(16-26)20-37;32-27-19-24(12-13-28(27)33)38-29(40)20-37-30(14-16-39(17-15-30)25-5-1-2-6-25)23-10-8-21(9-11-23)22-4-3-7-26(18-22)41-31(34,35)36/h1-11,16-20H,12-15,22-23H2,(H,39,41);1-11,16-19H,12-15,21-22H2,(H,38,40);3-4,7-13,18-19,25,37H,1-2,5-6,14-17,20H2,(H,38,40). The predicted molar refractivity (Wildman–Crippen MR) is 487 cm³/mol. The Labute approximate surface area is 753 Å². The Balaban J connectivity index is 0.000000152. The molecule has 4 heterocycles. The first kappa shape index (κ1) is 90.6. The van der Waals surface area contributed by atoms with Crippen molar-refractivity contribution in [3.8, 4) is 51.3 Å². The molecule has 4 N–H and O–H groups in total. The molecule has 12 aromatic rings. The van der Waals surface area contributed by atoms with Crippen LogP contribution in [0.4, 0.5) is 34.6 Å². The maximum Gasteiger partial charge on any atom is 0.573 e. The molecular formula is C99H89Cl6F4N9O7. The molecule has 0 bridgehead atoms. The van der Waals surface area contributed by atoms with Crippen molar-refractivity contribution in [2.24, 2.45) is 0 Å². The van der Waals surface area contributed by atoms with E-state index in [-0.39, 0.29) is 48.3 Å². The highest BCUT2D eigenvalue weighted by Gasteiger charge is 2.42. The summed E-state index contributed by atoms with van der Waals surface area (Å²) in [6.45, 7) is 6.26. The summed E-state index contributed by atoms with van der Waals surface area (Å²) in [6.07, 6.45) is 4.64. The van der Waals surface area contributed by atoms with Gasteiger partial charge in [0.2, 0.25) is 17.7 Å². The number of hydrogen-bond acceptors (Lipinski definition) is 13. The van der Waals surface area contributed by atoms with Crippen LogP contribution in [-0.2, 0) is 53.7 Å². The smallest absolute Gasteiger partial charge is 0.460 e. The zero-order valence-corrected chi connectivity index (χ0v) is 72.6. The van der Waals surface area contributed by atoms with Crippen molar-refractivity contribution in [1.29, 1.82) is 10.5 Å².